The zero-order valence-electron chi connectivity index (χ0n) is 13.6. The second kappa shape index (κ2) is 8.89. The molecule has 2 rings (SSSR count). The van der Waals surface area contributed by atoms with Crippen LogP contribution in [0.4, 0.5) is 0 Å². The number of carbonyl (C=O) groups is 1. The fourth-order valence-corrected chi connectivity index (χ4v) is 2.53. The van der Waals surface area contributed by atoms with E-state index in [4.69, 9.17) is 19.4 Å². The molecule has 2 aromatic carbocycles. The Hall–Kier alpha value is -2.80. The van der Waals surface area contributed by atoms with Crippen molar-refractivity contribution in [2.75, 3.05) is 14.2 Å². The number of hydrogen-bond acceptors (Lipinski definition) is 6. The highest BCUT2D eigenvalue weighted by atomic mass is 79.9. The van der Waals surface area contributed by atoms with Crippen LogP contribution in [-0.4, -0.2) is 31.6 Å². The number of rotatable bonds is 6. The molecule has 25 heavy (non-hydrogen) atoms. The van der Waals surface area contributed by atoms with E-state index < -0.39 is 5.97 Å². The predicted octanol–water partition coefficient (Wildman–Crippen LogP) is 3.89. The number of benzene rings is 2. The molecule has 6 nitrogen and oxygen atoms in total. The van der Waals surface area contributed by atoms with Crippen molar-refractivity contribution in [3.63, 3.8) is 0 Å². The van der Waals surface area contributed by atoms with Crippen molar-refractivity contribution in [3.8, 4) is 17.2 Å². The van der Waals surface area contributed by atoms with Gasteiger partial charge in [0.15, 0.2) is 11.5 Å². The normalized spacial score (nSPS) is 11.0. The van der Waals surface area contributed by atoms with Crippen LogP contribution in [0.25, 0.3) is 6.08 Å². The van der Waals surface area contributed by atoms with Gasteiger partial charge in [0.1, 0.15) is 5.75 Å². The summed E-state index contributed by atoms with van der Waals surface area (Å²) in [5, 5.41) is 11.6. The molecule has 0 aliphatic carbocycles. The van der Waals surface area contributed by atoms with Crippen molar-refractivity contribution in [2.24, 2.45) is 5.16 Å². The van der Waals surface area contributed by atoms with Crippen LogP contribution in [0.1, 0.15) is 11.1 Å². The Bertz CT molecular complexity index is 800. The fraction of sp³-hybridized carbons (Fsp3) is 0.111. The minimum atomic E-state index is -0.557. The lowest BCUT2D eigenvalue weighted by molar-refractivity contribution is -0.129. The molecule has 0 amide bonds. The summed E-state index contributed by atoms with van der Waals surface area (Å²) < 4.78 is 16.1. The number of hydrogen-bond donors (Lipinski definition) is 1. The number of methoxy groups -OCH3 is 2. The monoisotopic (exact) mass is 405 g/mol. The van der Waals surface area contributed by atoms with Crippen LogP contribution >= 0.6 is 15.9 Å². The number of ether oxygens (including phenoxy) is 3. The zero-order chi connectivity index (χ0) is 18.2. The van der Waals surface area contributed by atoms with Gasteiger partial charge in [-0.25, -0.2) is 4.79 Å². The molecule has 7 heteroatoms. The molecule has 0 aliphatic heterocycles. The van der Waals surface area contributed by atoms with Crippen LogP contribution in [0.3, 0.4) is 0 Å². The molecule has 1 N–H and O–H groups in total. The predicted molar refractivity (Wildman–Crippen MR) is 97.7 cm³/mol. The molecule has 0 aromatic heterocycles. The highest BCUT2D eigenvalue weighted by molar-refractivity contribution is 9.10. The van der Waals surface area contributed by atoms with Crippen molar-refractivity contribution in [2.45, 2.75) is 0 Å². The zero-order valence-corrected chi connectivity index (χ0v) is 15.2. The third-order valence-electron chi connectivity index (χ3n) is 3.19. The topological polar surface area (TPSA) is 77.4 Å². The number of oxime groups is 1. The average molecular weight is 406 g/mol. The average Bonchev–Trinajstić information content (AvgIpc) is 2.62. The Morgan fingerprint density at radius 2 is 1.84 bits per heavy atom. The van der Waals surface area contributed by atoms with E-state index >= 15 is 0 Å². The van der Waals surface area contributed by atoms with Gasteiger partial charge in [0, 0.05) is 11.6 Å². The summed E-state index contributed by atoms with van der Waals surface area (Å²) in [4.78, 5) is 12.1. The van der Waals surface area contributed by atoms with Crippen molar-refractivity contribution in [1.82, 2.24) is 0 Å². The fourth-order valence-electron chi connectivity index (χ4n) is 1.99. The lowest BCUT2D eigenvalue weighted by atomic mass is 10.2. The van der Waals surface area contributed by atoms with Gasteiger partial charge in [-0.05, 0) is 51.8 Å². The van der Waals surface area contributed by atoms with Crippen LogP contribution in [0.2, 0.25) is 0 Å². The standard InChI is InChI=1S/C18H16BrNO5/c1-23-14-6-3-12(4-7-14)5-8-17(21)25-18-15(19)9-13(11-20-22)10-16(18)24-2/h3-11,22H,1-2H3/b8-5+,20-11+. The molecule has 130 valence electrons. The van der Waals surface area contributed by atoms with Crippen LogP contribution in [0.5, 0.6) is 17.2 Å². The molecule has 0 aliphatic rings. The van der Waals surface area contributed by atoms with Gasteiger partial charge in [0.25, 0.3) is 0 Å². The minimum absolute atomic E-state index is 0.238. The van der Waals surface area contributed by atoms with Gasteiger partial charge < -0.3 is 19.4 Å². The highest BCUT2D eigenvalue weighted by Gasteiger charge is 2.14. The van der Waals surface area contributed by atoms with E-state index in [1.165, 1.54) is 19.4 Å². The van der Waals surface area contributed by atoms with E-state index in [-0.39, 0.29) is 5.75 Å². The summed E-state index contributed by atoms with van der Waals surface area (Å²) in [5.41, 5.74) is 1.41. The summed E-state index contributed by atoms with van der Waals surface area (Å²) in [7, 11) is 3.04. The summed E-state index contributed by atoms with van der Waals surface area (Å²) in [6, 6.07) is 10.5. The highest BCUT2D eigenvalue weighted by Crippen LogP contribution is 2.36. The van der Waals surface area contributed by atoms with Gasteiger partial charge in [0.2, 0.25) is 0 Å². The lowest BCUT2D eigenvalue weighted by Crippen LogP contribution is -2.06. The second-order valence-corrected chi connectivity index (χ2v) is 5.66. The molecule has 0 unspecified atom stereocenters. The maximum atomic E-state index is 12.1. The van der Waals surface area contributed by atoms with E-state index in [0.717, 1.165) is 11.3 Å². The van der Waals surface area contributed by atoms with Gasteiger partial charge in [-0.15, -0.1) is 0 Å². The molecule has 0 heterocycles. The van der Waals surface area contributed by atoms with Gasteiger partial charge in [-0.1, -0.05) is 17.3 Å². The van der Waals surface area contributed by atoms with Crippen molar-refractivity contribution in [1.29, 1.82) is 0 Å². The Morgan fingerprint density at radius 3 is 2.44 bits per heavy atom. The number of carbonyl (C=O) groups excluding carboxylic acids is 1. The summed E-state index contributed by atoms with van der Waals surface area (Å²) in [6.07, 6.45) is 4.19. The first kappa shape index (κ1) is 18.5. The summed E-state index contributed by atoms with van der Waals surface area (Å²) >= 11 is 3.31. The SMILES string of the molecule is COc1ccc(/C=C/C(=O)Oc2c(Br)cc(/C=N/O)cc2OC)cc1. The maximum Gasteiger partial charge on any atom is 0.336 e. The molecular weight excluding hydrogens is 390 g/mol. The Kier molecular flexibility index (Phi) is 6.59. The number of halogens is 1. The first-order valence-electron chi connectivity index (χ1n) is 7.16. The Balaban J connectivity index is 2.15. The smallest absolute Gasteiger partial charge is 0.336 e. The van der Waals surface area contributed by atoms with E-state index in [0.29, 0.717) is 15.8 Å². The van der Waals surface area contributed by atoms with Crippen molar-refractivity contribution >= 4 is 34.2 Å². The van der Waals surface area contributed by atoms with E-state index in [1.807, 2.05) is 12.1 Å². The first-order valence-corrected chi connectivity index (χ1v) is 7.95. The van der Waals surface area contributed by atoms with Gasteiger partial charge in [-0.3, -0.25) is 0 Å². The molecule has 0 radical (unpaired) electrons. The summed E-state index contributed by atoms with van der Waals surface area (Å²) in [5.74, 6) is 0.746. The van der Waals surface area contributed by atoms with Crippen molar-refractivity contribution < 1.29 is 24.2 Å². The minimum Gasteiger partial charge on any atom is -0.497 e. The molecule has 0 spiro atoms. The number of esters is 1. The molecule has 0 saturated carbocycles. The van der Waals surface area contributed by atoms with E-state index in [1.54, 1.807) is 37.5 Å². The van der Waals surface area contributed by atoms with Crippen LogP contribution in [0, 0.1) is 0 Å². The molecule has 0 atom stereocenters. The van der Waals surface area contributed by atoms with Crippen molar-refractivity contribution in [3.05, 3.63) is 58.1 Å². The lowest BCUT2D eigenvalue weighted by Gasteiger charge is -2.11. The molecule has 2 aromatic rings. The van der Waals surface area contributed by atoms with E-state index in [9.17, 15) is 4.79 Å². The summed E-state index contributed by atoms with van der Waals surface area (Å²) in [6.45, 7) is 0. The quantitative estimate of drug-likeness (QED) is 0.197. The molecule has 0 bridgehead atoms. The molecule has 0 saturated heterocycles. The maximum absolute atomic E-state index is 12.1. The van der Waals surface area contributed by atoms with Gasteiger partial charge in [-0.2, -0.15) is 0 Å². The third kappa shape index (κ3) is 5.09. The largest absolute Gasteiger partial charge is 0.497 e. The van der Waals surface area contributed by atoms with E-state index in [2.05, 4.69) is 21.1 Å². The Morgan fingerprint density at radius 1 is 1.12 bits per heavy atom. The van der Waals surface area contributed by atoms with Gasteiger partial charge >= 0.3 is 5.97 Å². The number of nitrogens with zero attached hydrogens (tertiary/aromatic N) is 1. The Labute approximate surface area is 153 Å². The first-order chi connectivity index (χ1) is 12.1. The van der Waals surface area contributed by atoms with Crippen LogP contribution in [0.15, 0.2) is 52.1 Å². The van der Waals surface area contributed by atoms with Crippen LogP contribution < -0.4 is 14.2 Å². The van der Waals surface area contributed by atoms with Gasteiger partial charge in [0.05, 0.1) is 24.9 Å². The third-order valence-corrected chi connectivity index (χ3v) is 3.78. The molecule has 0 fully saturated rings. The second-order valence-electron chi connectivity index (χ2n) is 4.81. The molecular formula is C18H16BrNO5. The van der Waals surface area contributed by atoms with Crippen LogP contribution in [-0.2, 0) is 4.79 Å².